The van der Waals surface area contributed by atoms with Gasteiger partial charge in [0.1, 0.15) is 10.6 Å². The molecular weight excluding hydrogens is 338 g/mol. The zero-order valence-corrected chi connectivity index (χ0v) is 15.4. The van der Waals surface area contributed by atoms with Crippen LogP contribution < -0.4 is 20.3 Å². The Morgan fingerprint density at radius 2 is 1.88 bits per heavy atom. The van der Waals surface area contributed by atoms with Gasteiger partial charge in [0.25, 0.3) is 0 Å². The van der Waals surface area contributed by atoms with Gasteiger partial charge in [0, 0.05) is 6.04 Å². The van der Waals surface area contributed by atoms with Gasteiger partial charge in [-0.15, -0.1) is 0 Å². The second-order valence-corrected chi connectivity index (χ2v) is 7.94. The molecule has 1 saturated heterocycles. The summed E-state index contributed by atoms with van der Waals surface area (Å²) in [6, 6.07) is 13.2. The second-order valence-electron chi connectivity index (χ2n) is 6.26. The summed E-state index contributed by atoms with van der Waals surface area (Å²) < 4.78 is 33.5. The first kappa shape index (κ1) is 17.9. The third kappa shape index (κ3) is 3.85. The first-order valence-electron chi connectivity index (χ1n) is 8.14. The van der Waals surface area contributed by atoms with Crippen LogP contribution in [0.4, 0.5) is 0 Å². The maximum absolute atomic E-state index is 12.8. The Bertz CT molecular complexity index is 868. The van der Waals surface area contributed by atoms with Crippen LogP contribution in [0.1, 0.15) is 29.2 Å². The van der Waals surface area contributed by atoms with Crippen LogP contribution in [0.3, 0.4) is 0 Å². The van der Waals surface area contributed by atoms with Crippen LogP contribution in [-0.4, -0.2) is 21.7 Å². The molecule has 3 rings (SSSR count). The van der Waals surface area contributed by atoms with Crippen LogP contribution in [0.25, 0.3) is 0 Å². The highest BCUT2D eigenvalue weighted by atomic mass is 32.2. The van der Waals surface area contributed by atoms with Gasteiger partial charge in [0.15, 0.2) is 0 Å². The van der Waals surface area contributed by atoms with Crippen molar-refractivity contribution in [2.45, 2.75) is 37.4 Å². The van der Waals surface area contributed by atoms with E-state index < -0.39 is 16.2 Å². The van der Waals surface area contributed by atoms with Crippen molar-refractivity contribution in [2.24, 2.45) is 0 Å². The molecule has 0 bridgehead atoms. The minimum atomic E-state index is -3.70. The van der Waals surface area contributed by atoms with E-state index >= 15 is 0 Å². The molecule has 0 aromatic heterocycles. The Labute approximate surface area is 148 Å². The number of aryl methyl sites for hydroxylation is 2. The average molecular weight is 361 g/mol. The number of ether oxygens (including phenoxy) is 1. The van der Waals surface area contributed by atoms with Gasteiger partial charge in [-0.05, 0) is 49.1 Å². The number of methoxy groups -OCH3 is 1. The van der Waals surface area contributed by atoms with Gasteiger partial charge in [-0.2, -0.15) is 4.72 Å². The Morgan fingerprint density at radius 1 is 1.12 bits per heavy atom. The molecule has 1 aliphatic heterocycles. The van der Waals surface area contributed by atoms with E-state index in [0.717, 1.165) is 11.1 Å². The molecule has 6 nitrogen and oxygen atoms in total. The Morgan fingerprint density at radius 3 is 2.60 bits per heavy atom. The van der Waals surface area contributed by atoms with Gasteiger partial charge >= 0.3 is 0 Å². The number of sulfonamides is 1. The standard InChI is InChI=1S/C18H23N3O3S/c1-12-8-9-16(24-3)17(10-12)25(22,23)21-18-11-15(19-20-18)14-7-5-4-6-13(14)2/h4-10,15,18-21H,11H2,1-3H3. The van der Waals surface area contributed by atoms with E-state index in [2.05, 4.69) is 21.6 Å². The number of nitrogens with one attached hydrogen (secondary N) is 3. The fraction of sp³-hybridized carbons (Fsp3) is 0.333. The number of hydrazine groups is 1. The highest BCUT2D eigenvalue weighted by Gasteiger charge is 2.30. The van der Waals surface area contributed by atoms with E-state index in [1.54, 1.807) is 12.1 Å². The third-order valence-corrected chi connectivity index (χ3v) is 5.87. The van der Waals surface area contributed by atoms with Crippen molar-refractivity contribution in [1.29, 1.82) is 0 Å². The molecule has 2 atom stereocenters. The van der Waals surface area contributed by atoms with E-state index in [-0.39, 0.29) is 10.9 Å². The molecule has 2 aromatic rings. The van der Waals surface area contributed by atoms with Gasteiger partial charge in [0.2, 0.25) is 10.0 Å². The zero-order valence-electron chi connectivity index (χ0n) is 14.5. The van der Waals surface area contributed by atoms with E-state index in [0.29, 0.717) is 12.2 Å². The van der Waals surface area contributed by atoms with Crippen LogP contribution in [-0.2, 0) is 10.0 Å². The fourth-order valence-corrected chi connectivity index (χ4v) is 4.47. The highest BCUT2D eigenvalue weighted by molar-refractivity contribution is 7.89. The highest BCUT2D eigenvalue weighted by Crippen LogP contribution is 2.27. The molecule has 2 unspecified atom stereocenters. The number of benzene rings is 2. The predicted molar refractivity (Wildman–Crippen MR) is 96.6 cm³/mol. The smallest absolute Gasteiger partial charge is 0.245 e. The first-order chi connectivity index (χ1) is 11.9. The maximum Gasteiger partial charge on any atom is 0.245 e. The molecular formula is C18H23N3O3S. The summed E-state index contributed by atoms with van der Waals surface area (Å²) in [5, 5.41) is 0. The van der Waals surface area contributed by atoms with E-state index in [9.17, 15) is 8.42 Å². The molecule has 0 spiro atoms. The molecule has 134 valence electrons. The maximum atomic E-state index is 12.8. The molecule has 0 aliphatic carbocycles. The monoisotopic (exact) mass is 361 g/mol. The lowest BCUT2D eigenvalue weighted by Crippen LogP contribution is -2.44. The molecule has 25 heavy (non-hydrogen) atoms. The topological polar surface area (TPSA) is 79.5 Å². The Balaban J connectivity index is 1.77. The normalized spacial score (nSPS) is 20.6. The minimum absolute atomic E-state index is 0.0494. The number of rotatable bonds is 5. The van der Waals surface area contributed by atoms with Crippen LogP contribution >= 0.6 is 0 Å². The van der Waals surface area contributed by atoms with Crippen molar-refractivity contribution in [1.82, 2.24) is 15.6 Å². The number of hydrogen-bond donors (Lipinski definition) is 3. The van der Waals surface area contributed by atoms with Crippen molar-refractivity contribution in [3.05, 3.63) is 59.2 Å². The molecule has 0 radical (unpaired) electrons. The van der Waals surface area contributed by atoms with E-state index in [1.165, 1.54) is 12.7 Å². The summed E-state index contributed by atoms with van der Waals surface area (Å²) in [5.74, 6) is 0.333. The SMILES string of the molecule is COc1ccc(C)cc1S(=O)(=O)NC1CC(c2ccccc2C)NN1. The molecule has 0 saturated carbocycles. The molecule has 0 amide bonds. The zero-order chi connectivity index (χ0) is 18.0. The molecule has 3 N–H and O–H groups in total. The lowest BCUT2D eigenvalue weighted by Gasteiger charge is -2.15. The van der Waals surface area contributed by atoms with Gasteiger partial charge in [-0.3, -0.25) is 0 Å². The van der Waals surface area contributed by atoms with Crippen LogP contribution in [0.15, 0.2) is 47.4 Å². The molecule has 2 aromatic carbocycles. The van der Waals surface area contributed by atoms with Crippen LogP contribution in [0.5, 0.6) is 5.75 Å². The van der Waals surface area contributed by atoms with E-state index in [1.807, 2.05) is 38.1 Å². The van der Waals surface area contributed by atoms with Gasteiger partial charge < -0.3 is 4.74 Å². The van der Waals surface area contributed by atoms with E-state index in [4.69, 9.17) is 4.74 Å². The Kier molecular flexibility index (Phi) is 5.10. The van der Waals surface area contributed by atoms with Crippen molar-refractivity contribution in [3.8, 4) is 5.75 Å². The summed E-state index contributed by atoms with van der Waals surface area (Å²) in [4.78, 5) is 0.149. The summed E-state index contributed by atoms with van der Waals surface area (Å²) in [7, 11) is -2.24. The molecule has 1 heterocycles. The van der Waals surface area contributed by atoms with Crippen LogP contribution in [0.2, 0.25) is 0 Å². The number of hydrogen-bond acceptors (Lipinski definition) is 5. The fourth-order valence-electron chi connectivity index (χ4n) is 3.06. The van der Waals surface area contributed by atoms with Gasteiger partial charge in [-0.1, -0.05) is 30.3 Å². The largest absolute Gasteiger partial charge is 0.495 e. The summed E-state index contributed by atoms with van der Waals surface area (Å²) in [6.45, 7) is 3.90. The van der Waals surface area contributed by atoms with Crippen molar-refractivity contribution < 1.29 is 13.2 Å². The summed E-state index contributed by atoms with van der Waals surface area (Å²) in [5.41, 5.74) is 9.39. The van der Waals surface area contributed by atoms with Crippen molar-refractivity contribution in [3.63, 3.8) is 0 Å². The lowest BCUT2D eigenvalue weighted by molar-refractivity contribution is 0.401. The predicted octanol–water partition coefficient (Wildman–Crippen LogP) is 2.16. The second kappa shape index (κ2) is 7.13. The van der Waals surface area contributed by atoms with Crippen molar-refractivity contribution in [2.75, 3.05) is 7.11 Å². The summed E-state index contributed by atoms with van der Waals surface area (Å²) >= 11 is 0. The first-order valence-corrected chi connectivity index (χ1v) is 9.62. The molecule has 1 fully saturated rings. The molecule has 7 heteroatoms. The van der Waals surface area contributed by atoms with Gasteiger partial charge in [-0.25, -0.2) is 19.3 Å². The Hall–Kier alpha value is -1.93. The summed E-state index contributed by atoms with van der Waals surface area (Å²) in [6.07, 6.45) is 0.206. The third-order valence-electron chi connectivity index (χ3n) is 4.37. The minimum Gasteiger partial charge on any atom is -0.495 e. The average Bonchev–Trinajstić information content (AvgIpc) is 3.02. The quantitative estimate of drug-likeness (QED) is 0.761. The molecule has 1 aliphatic rings. The van der Waals surface area contributed by atoms with Crippen LogP contribution in [0, 0.1) is 13.8 Å². The van der Waals surface area contributed by atoms with Crippen molar-refractivity contribution >= 4 is 10.0 Å². The van der Waals surface area contributed by atoms with Gasteiger partial charge in [0.05, 0.1) is 13.3 Å². The lowest BCUT2D eigenvalue weighted by atomic mass is 10.00.